The van der Waals surface area contributed by atoms with Crippen molar-refractivity contribution in [3.8, 4) is 0 Å². The van der Waals surface area contributed by atoms with Crippen molar-refractivity contribution in [3.05, 3.63) is 15.6 Å². The van der Waals surface area contributed by atoms with Crippen molar-refractivity contribution in [2.24, 2.45) is 0 Å². The van der Waals surface area contributed by atoms with Gasteiger partial charge in [0.2, 0.25) is 0 Å². The third-order valence-corrected chi connectivity index (χ3v) is 4.59. The zero-order valence-electron chi connectivity index (χ0n) is 9.96. The maximum atomic E-state index is 4.50. The predicted molar refractivity (Wildman–Crippen MR) is 70.9 cm³/mol. The molecule has 0 amide bonds. The van der Waals surface area contributed by atoms with E-state index in [2.05, 4.69) is 37.3 Å². The van der Waals surface area contributed by atoms with Crippen LogP contribution in [0.25, 0.3) is 0 Å². The highest BCUT2D eigenvalue weighted by Gasteiger charge is 2.03. The number of rotatable bonds is 6. The Morgan fingerprint density at radius 3 is 2.73 bits per heavy atom. The highest BCUT2D eigenvalue weighted by molar-refractivity contribution is 7.99. The molecule has 0 aromatic carbocycles. The van der Waals surface area contributed by atoms with Crippen molar-refractivity contribution in [1.29, 1.82) is 0 Å². The minimum absolute atomic E-state index is 0.747. The third kappa shape index (κ3) is 4.53. The van der Waals surface area contributed by atoms with E-state index in [9.17, 15) is 0 Å². The molecule has 1 aromatic heterocycles. The van der Waals surface area contributed by atoms with E-state index in [0.717, 1.165) is 18.3 Å². The van der Waals surface area contributed by atoms with Gasteiger partial charge in [-0.1, -0.05) is 6.92 Å². The quantitative estimate of drug-likeness (QED) is 0.779. The van der Waals surface area contributed by atoms with Crippen molar-refractivity contribution in [2.75, 3.05) is 12.8 Å². The number of hydrogen-bond acceptors (Lipinski definition) is 4. The van der Waals surface area contributed by atoms with Crippen molar-refractivity contribution in [1.82, 2.24) is 10.3 Å². The summed E-state index contributed by atoms with van der Waals surface area (Å²) in [6.07, 6.45) is 3.39. The van der Waals surface area contributed by atoms with Crippen LogP contribution in [0, 0.1) is 13.8 Å². The van der Waals surface area contributed by atoms with Crippen molar-refractivity contribution < 1.29 is 0 Å². The van der Waals surface area contributed by atoms with Gasteiger partial charge in [0.05, 0.1) is 5.69 Å². The Bertz CT molecular complexity index is 277. The van der Waals surface area contributed by atoms with Gasteiger partial charge in [-0.05, 0) is 33.1 Å². The summed E-state index contributed by atoms with van der Waals surface area (Å²) >= 11 is 3.72. The van der Waals surface area contributed by atoms with Crippen LogP contribution in [0.1, 0.15) is 28.9 Å². The molecule has 1 unspecified atom stereocenters. The maximum absolute atomic E-state index is 4.50. The fourth-order valence-electron chi connectivity index (χ4n) is 1.23. The molecule has 0 aliphatic rings. The van der Waals surface area contributed by atoms with Crippen LogP contribution in [-0.2, 0) is 6.54 Å². The summed E-state index contributed by atoms with van der Waals surface area (Å²) in [5.74, 6) is 0. The van der Waals surface area contributed by atoms with Crippen LogP contribution in [0.5, 0.6) is 0 Å². The first-order valence-electron chi connectivity index (χ1n) is 5.30. The molecule has 86 valence electrons. The van der Waals surface area contributed by atoms with Crippen LogP contribution in [-0.4, -0.2) is 23.0 Å². The van der Waals surface area contributed by atoms with Gasteiger partial charge in [0, 0.05) is 16.7 Å². The minimum Gasteiger partial charge on any atom is -0.310 e. The van der Waals surface area contributed by atoms with Gasteiger partial charge in [0.25, 0.3) is 0 Å². The van der Waals surface area contributed by atoms with Crippen molar-refractivity contribution in [2.45, 2.75) is 39.0 Å². The van der Waals surface area contributed by atoms with E-state index in [1.807, 2.05) is 11.8 Å². The Balaban J connectivity index is 2.20. The number of nitrogens with zero attached hydrogens (tertiary/aromatic N) is 1. The highest BCUT2D eigenvalue weighted by Crippen LogP contribution is 2.16. The number of thiazole rings is 1. The second kappa shape index (κ2) is 6.51. The van der Waals surface area contributed by atoms with Gasteiger partial charge >= 0.3 is 0 Å². The van der Waals surface area contributed by atoms with Gasteiger partial charge < -0.3 is 5.32 Å². The summed E-state index contributed by atoms with van der Waals surface area (Å²) < 4.78 is 0. The molecule has 4 heteroatoms. The molecule has 0 saturated carbocycles. The molecule has 0 spiro atoms. The molecular formula is C11H20N2S2. The van der Waals surface area contributed by atoms with Crippen LogP contribution in [0.3, 0.4) is 0 Å². The van der Waals surface area contributed by atoms with Gasteiger partial charge in [-0.25, -0.2) is 4.98 Å². The summed E-state index contributed by atoms with van der Waals surface area (Å²) in [7, 11) is 0. The Morgan fingerprint density at radius 2 is 2.20 bits per heavy atom. The molecule has 1 aromatic rings. The Kier molecular flexibility index (Phi) is 5.64. The summed E-state index contributed by atoms with van der Waals surface area (Å²) in [5.41, 5.74) is 1.18. The van der Waals surface area contributed by atoms with Gasteiger partial charge in [-0.2, -0.15) is 11.8 Å². The highest BCUT2D eigenvalue weighted by atomic mass is 32.2. The molecule has 0 radical (unpaired) electrons. The second-order valence-electron chi connectivity index (χ2n) is 3.76. The first-order chi connectivity index (χ1) is 7.13. The number of nitrogens with one attached hydrogen (secondary N) is 1. The van der Waals surface area contributed by atoms with Crippen LogP contribution in [0.4, 0.5) is 0 Å². The fraction of sp³-hybridized carbons (Fsp3) is 0.727. The zero-order valence-corrected chi connectivity index (χ0v) is 11.6. The van der Waals surface area contributed by atoms with Crippen LogP contribution < -0.4 is 5.32 Å². The molecule has 0 saturated heterocycles. The number of thioether (sulfide) groups is 1. The third-order valence-electron chi connectivity index (χ3n) is 2.48. The smallest absolute Gasteiger partial charge is 0.107 e. The number of aryl methyl sites for hydroxylation is 2. The molecule has 15 heavy (non-hydrogen) atoms. The fourth-order valence-corrected chi connectivity index (χ4v) is 2.49. The van der Waals surface area contributed by atoms with E-state index in [1.165, 1.54) is 22.0 Å². The maximum Gasteiger partial charge on any atom is 0.107 e. The lowest BCUT2D eigenvalue weighted by Gasteiger charge is -2.07. The standard InChI is InChI=1S/C11H20N2S2/c1-8(14-4)5-6-12-7-11-13-9(2)10(3)15-11/h8,12H,5-7H2,1-4H3. The monoisotopic (exact) mass is 244 g/mol. The first-order valence-corrected chi connectivity index (χ1v) is 7.40. The molecule has 2 nitrogen and oxygen atoms in total. The summed E-state index contributed by atoms with van der Waals surface area (Å²) in [4.78, 5) is 5.84. The van der Waals surface area contributed by atoms with Crippen LogP contribution in [0.15, 0.2) is 0 Å². The molecule has 0 aliphatic carbocycles. The van der Waals surface area contributed by atoms with Crippen LogP contribution >= 0.6 is 23.1 Å². The molecule has 0 bridgehead atoms. The zero-order chi connectivity index (χ0) is 11.3. The van der Waals surface area contributed by atoms with E-state index in [1.54, 1.807) is 11.3 Å². The van der Waals surface area contributed by atoms with Gasteiger partial charge in [0.15, 0.2) is 0 Å². The average molecular weight is 244 g/mol. The van der Waals surface area contributed by atoms with Crippen molar-refractivity contribution in [3.63, 3.8) is 0 Å². The van der Waals surface area contributed by atoms with Gasteiger partial charge in [-0.15, -0.1) is 11.3 Å². The molecule has 1 atom stereocenters. The molecule has 1 rings (SSSR count). The van der Waals surface area contributed by atoms with E-state index < -0.39 is 0 Å². The average Bonchev–Trinajstić information content (AvgIpc) is 2.53. The van der Waals surface area contributed by atoms with Crippen molar-refractivity contribution >= 4 is 23.1 Å². The Labute approximate surface area is 101 Å². The molecule has 0 aliphatic heterocycles. The number of aromatic nitrogens is 1. The summed E-state index contributed by atoms with van der Waals surface area (Å²) in [6, 6.07) is 0. The number of hydrogen-bond donors (Lipinski definition) is 1. The minimum atomic E-state index is 0.747. The van der Waals surface area contributed by atoms with E-state index in [0.29, 0.717) is 0 Å². The van der Waals surface area contributed by atoms with Crippen LogP contribution in [0.2, 0.25) is 0 Å². The van der Waals surface area contributed by atoms with E-state index >= 15 is 0 Å². The first kappa shape index (κ1) is 13.0. The van der Waals surface area contributed by atoms with E-state index in [4.69, 9.17) is 0 Å². The lowest BCUT2D eigenvalue weighted by molar-refractivity contribution is 0.645. The lowest BCUT2D eigenvalue weighted by atomic mass is 10.3. The lowest BCUT2D eigenvalue weighted by Crippen LogP contribution is -2.17. The SMILES string of the molecule is CSC(C)CCNCc1nc(C)c(C)s1. The predicted octanol–water partition coefficient (Wildman–Crippen LogP) is 2.99. The topological polar surface area (TPSA) is 24.9 Å². The molecule has 0 fully saturated rings. The summed E-state index contributed by atoms with van der Waals surface area (Å²) in [6.45, 7) is 8.47. The molecule has 1 heterocycles. The molecular weight excluding hydrogens is 224 g/mol. The Hall–Kier alpha value is -0.0600. The normalized spacial score (nSPS) is 13.1. The van der Waals surface area contributed by atoms with Gasteiger partial charge in [0.1, 0.15) is 5.01 Å². The Morgan fingerprint density at radius 1 is 1.47 bits per heavy atom. The largest absolute Gasteiger partial charge is 0.310 e. The second-order valence-corrected chi connectivity index (χ2v) is 6.32. The van der Waals surface area contributed by atoms with E-state index in [-0.39, 0.29) is 0 Å². The van der Waals surface area contributed by atoms with Gasteiger partial charge in [-0.3, -0.25) is 0 Å². The molecule has 1 N–H and O–H groups in total. The summed E-state index contributed by atoms with van der Waals surface area (Å²) in [5, 5.41) is 5.40.